The Kier molecular flexibility index (Phi) is 15.3. The zero-order valence-electron chi connectivity index (χ0n) is 21.8. The van der Waals surface area contributed by atoms with Crippen molar-refractivity contribution in [2.75, 3.05) is 39.5 Å². The van der Waals surface area contributed by atoms with Crippen LogP contribution in [0.3, 0.4) is 0 Å². The molecule has 14 nitrogen and oxygen atoms in total. The lowest BCUT2D eigenvalue weighted by molar-refractivity contribution is -0.279. The van der Waals surface area contributed by atoms with E-state index in [0.29, 0.717) is 13.1 Å². The molecule has 1 aliphatic heterocycles. The summed E-state index contributed by atoms with van der Waals surface area (Å²) in [6, 6.07) is -1.06. The molecular weight excluding hydrogens is 494 g/mol. The maximum Gasteiger partial charge on any atom is 0.303 e. The first kappa shape index (κ1) is 32.2. The number of ether oxygens (including phenoxy) is 6. The molecule has 212 valence electrons. The topological polar surface area (TPSA) is 191 Å². The third-order valence-corrected chi connectivity index (χ3v) is 5.01. The van der Waals surface area contributed by atoms with E-state index in [1.165, 1.54) is 13.8 Å². The number of nitrogens with two attached hydrogens (primary N) is 1. The van der Waals surface area contributed by atoms with Crippen LogP contribution in [0.5, 0.6) is 0 Å². The van der Waals surface area contributed by atoms with E-state index in [1.807, 2.05) is 0 Å². The summed E-state index contributed by atoms with van der Waals surface area (Å²) in [6.45, 7) is 5.79. The Hall–Kier alpha value is -2.81. The van der Waals surface area contributed by atoms with Gasteiger partial charge in [-0.3, -0.25) is 24.0 Å². The number of hydrogen-bond donors (Lipinski definition) is 3. The molecule has 14 heteroatoms. The second-order valence-electron chi connectivity index (χ2n) is 8.30. The van der Waals surface area contributed by atoms with Crippen molar-refractivity contribution in [3.63, 3.8) is 0 Å². The van der Waals surface area contributed by atoms with E-state index in [9.17, 15) is 24.0 Å². The van der Waals surface area contributed by atoms with Crippen molar-refractivity contribution in [3.8, 4) is 0 Å². The van der Waals surface area contributed by atoms with E-state index in [1.54, 1.807) is 0 Å². The fraction of sp³-hybridized carbons (Fsp3) is 0.783. The summed E-state index contributed by atoms with van der Waals surface area (Å²) in [5, 5.41) is 5.37. The maximum atomic E-state index is 11.9. The van der Waals surface area contributed by atoms with Gasteiger partial charge in [-0.25, -0.2) is 0 Å². The summed E-state index contributed by atoms with van der Waals surface area (Å²) in [6.07, 6.45) is -2.82. The van der Waals surface area contributed by atoms with Gasteiger partial charge in [0.2, 0.25) is 11.8 Å². The summed E-state index contributed by atoms with van der Waals surface area (Å²) in [5.41, 5.74) is 5.41. The first-order chi connectivity index (χ1) is 17.5. The van der Waals surface area contributed by atoms with E-state index in [-0.39, 0.29) is 38.8 Å². The van der Waals surface area contributed by atoms with Gasteiger partial charge in [0.25, 0.3) is 0 Å². The number of esters is 3. The lowest BCUT2D eigenvalue weighted by Gasteiger charge is -2.44. The molecule has 4 N–H and O–H groups in total. The van der Waals surface area contributed by atoms with Gasteiger partial charge in [-0.05, 0) is 19.4 Å². The summed E-state index contributed by atoms with van der Waals surface area (Å²) in [4.78, 5) is 58.6. The van der Waals surface area contributed by atoms with Crippen molar-refractivity contribution >= 4 is 29.7 Å². The molecule has 1 rings (SSSR count). The molecule has 0 radical (unpaired) electrons. The third kappa shape index (κ3) is 13.3. The molecule has 1 fully saturated rings. The molecule has 1 saturated heterocycles. The molecule has 0 aromatic heterocycles. The average molecular weight is 534 g/mol. The number of carbonyl (C=O) groups is 5. The van der Waals surface area contributed by atoms with Crippen LogP contribution in [0.1, 0.15) is 47.0 Å². The highest BCUT2D eigenvalue weighted by Crippen LogP contribution is 2.28. The minimum Gasteiger partial charge on any atom is -0.463 e. The Bertz CT molecular complexity index is 764. The predicted octanol–water partition coefficient (Wildman–Crippen LogP) is -1.08. The molecule has 0 aromatic carbocycles. The third-order valence-electron chi connectivity index (χ3n) is 5.01. The van der Waals surface area contributed by atoms with Gasteiger partial charge in [-0.1, -0.05) is 0 Å². The fourth-order valence-corrected chi connectivity index (χ4v) is 3.51. The van der Waals surface area contributed by atoms with Crippen LogP contribution < -0.4 is 16.4 Å². The zero-order chi connectivity index (χ0) is 27.8. The van der Waals surface area contributed by atoms with Gasteiger partial charge in [-0.2, -0.15) is 0 Å². The lowest BCUT2D eigenvalue weighted by Crippen LogP contribution is -2.66. The van der Waals surface area contributed by atoms with Crippen molar-refractivity contribution < 1.29 is 52.4 Å². The molecule has 5 atom stereocenters. The van der Waals surface area contributed by atoms with Crippen LogP contribution in [0.4, 0.5) is 0 Å². The molecule has 2 amide bonds. The fourth-order valence-electron chi connectivity index (χ4n) is 3.51. The summed E-state index contributed by atoms with van der Waals surface area (Å²) in [7, 11) is 0. The number of rotatable bonds is 16. The second kappa shape index (κ2) is 17.6. The summed E-state index contributed by atoms with van der Waals surface area (Å²) < 4.78 is 32.8. The molecule has 0 spiro atoms. The molecule has 0 aliphatic carbocycles. The quantitative estimate of drug-likeness (QED) is 0.124. The van der Waals surface area contributed by atoms with Crippen LogP contribution in [-0.2, 0) is 52.4 Å². The summed E-state index contributed by atoms with van der Waals surface area (Å²) >= 11 is 0. The molecule has 0 bridgehead atoms. The molecule has 1 heterocycles. The number of unbranched alkanes of at least 4 members (excludes halogenated alkanes) is 1. The standard InChI is InChI=1S/C23H39N3O11/c1-14(27)26-20-22(36-17(4)30)21(35-16(3)29)18(13-34-15(2)28)37-23(20)33-12-11-32-10-7-19(31)25-9-6-5-8-24/h18,20-23H,5-13,24H2,1-4H3,(H,25,31)(H,26,27). The van der Waals surface area contributed by atoms with E-state index in [2.05, 4.69) is 10.6 Å². The molecular formula is C23H39N3O11. The van der Waals surface area contributed by atoms with Gasteiger partial charge in [0.05, 0.1) is 19.8 Å². The Balaban J connectivity index is 2.80. The van der Waals surface area contributed by atoms with Gasteiger partial charge in [0, 0.05) is 40.7 Å². The monoisotopic (exact) mass is 533 g/mol. The largest absolute Gasteiger partial charge is 0.463 e. The minimum atomic E-state index is -1.20. The van der Waals surface area contributed by atoms with Crippen molar-refractivity contribution in [1.29, 1.82) is 0 Å². The molecule has 0 aromatic rings. The van der Waals surface area contributed by atoms with Crippen molar-refractivity contribution in [2.24, 2.45) is 5.73 Å². The smallest absolute Gasteiger partial charge is 0.303 e. The molecule has 5 unspecified atom stereocenters. The van der Waals surface area contributed by atoms with Crippen LogP contribution in [0.15, 0.2) is 0 Å². The van der Waals surface area contributed by atoms with E-state index >= 15 is 0 Å². The molecule has 0 saturated carbocycles. The first-order valence-corrected chi connectivity index (χ1v) is 12.1. The Labute approximate surface area is 216 Å². The first-order valence-electron chi connectivity index (χ1n) is 12.1. The minimum absolute atomic E-state index is 0.00974. The average Bonchev–Trinajstić information content (AvgIpc) is 2.80. The number of hydrogen-bond acceptors (Lipinski definition) is 12. The van der Waals surface area contributed by atoms with Gasteiger partial charge < -0.3 is 44.8 Å². The Morgan fingerprint density at radius 1 is 0.865 bits per heavy atom. The second-order valence-corrected chi connectivity index (χ2v) is 8.30. The molecule has 1 aliphatic rings. The van der Waals surface area contributed by atoms with Gasteiger partial charge >= 0.3 is 17.9 Å². The highest BCUT2D eigenvalue weighted by Gasteiger charge is 2.51. The zero-order valence-corrected chi connectivity index (χ0v) is 21.8. The Morgan fingerprint density at radius 3 is 2.14 bits per heavy atom. The van der Waals surface area contributed by atoms with E-state index < -0.39 is 54.5 Å². The van der Waals surface area contributed by atoms with Crippen LogP contribution >= 0.6 is 0 Å². The lowest BCUT2D eigenvalue weighted by atomic mass is 9.96. The van der Waals surface area contributed by atoms with Crippen LogP contribution in [0.2, 0.25) is 0 Å². The number of amides is 2. The maximum absolute atomic E-state index is 11.9. The number of carbonyl (C=O) groups excluding carboxylic acids is 5. The normalized spacial score (nSPS) is 23.0. The van der Waals surface area contributed by atoms with Crippen LogP contribution in [0, 0.1) is 0 Å². The van der Waals surface area contributed by atoms with Crippen LogP contribution in [0.25, 0.3) is 0 Å². The van der Waals surface area contributed by atoms with E-state index in [4.69, 9.17) is 34.2 Å². The van der Waals surface area contributed by atoms with Crippen molar-refractivity contribution in [3.05, 3.63) is 0 Å². The van der Waals surface area contributed by atoms with Crippen molar-refractivity contribution in [2.45, 2.75) is 77.6 Å². The number of nitrogens with one attached hydrogen (secondary N) is 2. The van der Waals surface area contributed by atoms with Gasteiger partial charge in [0.15, 0.2) is 18.5 Å². The molecule has 37 heavy (non-hydrogen) atoms. The Morgan fingerprint density at radius 2 is 1.54 bits per heavy atom. The van der Waals surface area contributed by atoms with Crippen molar-refractivity contribution in [1.82, 2.24) is 10.6 Å². The summed E-state index contributed by atoms with van der Waals surface area (Å²) in [5.74, 6) is -2.63. The van der Waals surface area contributed by atoms with E-state index in [0.717, 1.165) is 26.7 Å². The highest BCUT2D eigenvalue weighted by atomic mass is 16.7. The van der Waals surface area contributed by atoms with Crippen LogP contribution in [-0.4, -0.2) is 99.9 Å². The highest BCUT2D eigenvalue weighted by molar-refractivity contribution is 5.76. The SMILES string of the molecule is CC(=O)NC1C(OCCOCCC(=O)NCCCCN)OC(COC(C)=O)C(OC(C)=O)C1OC(C)=O. The predicted molar refractivity (Wildman–Crippen MR) is 127 cm³/mol. The van der Waals surface area contributed by atoms with Gasteiger partial charge in [0.1, 0.15) is 18.8 Å². The van der Waals surface area contributed by atoms with Gasteiger partial charge in [-0.15, -0.1) is 0 Å².